The molecule has 0 fully saturated rings. The maximum absolute atomic E-state index is 12.4. The minimum absolute atomic E-state index is 0.160. The lowest BCUT2D eigenvalue weighted by atomic mass is 10.1. The van der Waals surface area contributed by atoms with Crippen LogP contribution in [0.3, 0.4) is 0 Å². The van der Waals surface area contributed by atoms with Crippen molar-refractivity contribution in [3.63, 3.8) is 0 Å². The zero-order chi connectivity index (χ0) is 24.9. The van der Waals surface area contributed by atoms with Crippen LogP contribution in [-0.4, -0.2) is 24.9 Å². The van der Waals surface area contributed by atoms with E-state index in [9.17, 15) is 9.59 Å². The number of carbonyl (C=O) groups is 2. The summed E-state index contributed by atoms with van der Waals surface area (Å²) in [7, 11) is 1.56. The number of hydrogen-bond acceptors (Lipinski definition) is 6. The zero-order valence-corrected chi connectivity index (χ0v) is 22.5. The van der Waals surface area contributed by atoms with Crippen molar-refractivity contribution in [2.24, 2.45) is 4.99 Å². The van der Waals surface area contributed by atoms with Crippen LogP contribution < -0.4 is 14.8 Å². The van der Waals surface area contributed by atoms with E-state index in [0.717, 1.165) is 9.13 Å². The Morgan fingerprint density at radius 3 is 2.63 bits per heavy atom. The quantitative estimate of drug-likeness (QED) is 0.195. The highest BCUT2D eigenvalue weighted by Crippen LogP contribution is 2.38. The normalized spacial score (nSPS) is 13.9. The number of anilines is 1. The summed E-state index contributed by atoms with van der Waals surface area (Å²) in [6.07, 6.45) is 1.62. The monoisotopic (exact) mass is 646 g/mol. The van der Waals surface area contributed by atoms with Gasteiger partial charge in [0.2, 0.25) is 11.8 Å². The van der Waals surface area contributed by atoms with E-state index in [2.05, 4.69) is 54.9 Å². The van der Waals surface area contributed by atoms with Gasteiger partial charge < -0.3 is 19.5 Å². The number of hydrogen-bond donors (Lipinski definition) is 1. The first kappa shape index (κ1) is 24.9. The molecule has 3 aromatic rings. The number of amides is 1. The van der Waals surface area contributed by atoms with Gasteiger partial charge in [0.05, 0.1) is 11.6 Å². The molecule has 0 spiro atoms. The van der Waals surface area contributed by atoms with E-state index >= 15 is 0 Å². The highest BCUT2D eigenvalue weighted by molar-refractivity contribution is 14.1. The number of cyclic esters (lactones) is 1. The lowest BCUT2D eigenvalue weighted by Crippen LogP contribution is -2.07. The smallest absolute Gasteiger partial charge is 0.363 e. The molecule has 0 aliphatic carbocycles. The van der Waals surface area contributed by atoms with Gasteiger partial charge in [-0.25, -0.2) is 9.79 Å². The fraction of sp³-hybridized carbons (Fsp3) is 0.115. The molecule has 4 rings (SSSR count). The Balaban J connectivity index is 1.55. The van der Waals surface area contributed by atoms with Gasteiger partial charge in [-0.3, -0.25) is 4.79 Å². The maximum Gasteiger partial charge on any atom is 0.363 e. The summed E-state index contributed by atoms with van der Waals surface area (Å²) in [6, 6.07) is 18.5. The number of aliphatic imine (C=N–C) groups is 1. The molecule has 1 N–H and O–H groups in total. The molecule has 3 aromatic carbocycles. The predicted octanol–water partition coefficient (Wildman–Crippen LogP) is 5.94. The molecule has 178 valence electrons. The second kappa shape index (κ2) is 11.0. The minimum Gasteiger partial charge on any atom is -0.493 e. The summed E-state index contributed by atoms with van der Waals surface area (Å²) in [5.41, 5.74) is 3.15. The van der Waals surface area contributed by atoms with E-state index in [1.807, 2.05) is 24.3 Å². The predicted molar refractivity (Wildman–Crippen MR) is 146 cm³/mol. The van der Waals surface area contributed by atoms with Gasteiger partial charge >= 0.3 is 5.97 Å². The lowest BCUT2D eigenvalue weighted by molar-refractivity contribution is -0.129. The van der Waals surface area contributed by atoms with Gasteiger partial charge in [-0.15, -0.1) is 0 Å². The van der Waals surface area contributed by atoms with Crippen LogP contribution in [0.1, 0.15) is 23.6 Å². The second-order valence-corrected chi connectivity index (χ2v) is 9.65. The van der Waals surface area contributed by atoms with Crippen molar-refractivity contribution in [1.82, 2.24) is 0 Å². The third kappa shape index (κ3) is 6.29. The zero-order valence-electron chi connectivity index (χ0n) is 18.8. The van der Waals surface area contributed by atoms with Crippen LogP contribution >= 0.6 is 38.5 Å². The molecule has 0 unspecified atom stereocenters. The molecule has 0 saturated carbocycles. The lowest BCUT2D eigenvalue weighted by Gasteiger charge is -2.14. The van der Waals surface area contributed by atoms with Gasteiger partial charge in [-0.2, -0.15) is 0 Å². The number of nitrogens with one attached hydrogen (secondary N) is 1. The minimum atomic E-state index is -0.556. The number of ether oxygens (including phenoxy) is 3. The van der Waals surface area contributed by atoms with E-state index in [-0.39, 0.29) is 17.5 Å². The topological polar surface area (TPSA) is 86.2 Å². The van der Waals surface area contributed by atoms with Gasteiger partial charge in [0, 0.05) is 21.7 Å². The number of halogens is 2. The number of esters is 1. The summed E-state index contributed by atoms with van der Waals surface area (Å²) < 4.78 is 18.7. The maximum atomic E-state index is 12.4. The number of nitrogens with zero attached hydrogens (tertiary/aromatic N) is 1. The Labute approximate surface area is 224 Å². The molecule has 0 radical (unpaired) electrons. The number of carbonyl (C=O) groups excluding carboxylic acids is 2. The fourth-order valence-corrected chi connectivity index (χ4v) is 4.52. The SMILES string of the molecule is COc1cc(/C=C2\N=C(c3ccc(NC(C)=O)cc3)OC2=O)cc(Br)c1OCc1cccc(I)c1. The van der Waals surface area contributed by atoms with Gasteiger partial charge in [0.25, 0.3) is 0 Å². The molecular weight excluding hydrogens is 627 g/mol. The fourth-order valence-electron chi connectivity index (χ4n) is 3.34. The first-order chi connectivity index (χ1) is 16.8. The largest absolute Gasteiger partial charge is 0.493 e. The Hall–Kier alpha value is -3.18. The Morgan fingerprint density at radius 1 is 1.17 bits per heavy atom. The molecule has 0 atom stereocenters. The average Bonchev–Trinajstić information content (AvgIpc) is 3.18. The van der Waals surface area contributed by atoms with E-state index in [1.54, 1.807) is 43.5 Å². The van der Waals surface area contributed by atoms with Crippen molar-refractivity contribution in [2.45, 2.75) is 13.5 Å². The van der Waals surface area contributed by atoms with Crippen LogP contribution in [-0.2, 0) is 20.9 Å². The standard InChI is InChI=1S/C26H20BrIN2O5/c1-15(31)29-20-8-6-18(7-9-20)25-30-22(26(32)35-25)12-17-11-21(27)24(23(13-17)33-2)34-14-16-4-3-5-19(28)10-16/h3-13H,14H2,1-2H3,(H,29,31)/b22-12-. The molecule has 1 amide bonds. The van der Waals surface area contributed by atoms with E-state index in [1.165, 1.54) is 6.92 Å². The van der Waals surface area contributed by atoms with Gasteiger partial charge in [0.15, 0.2) is 17.2 Å². The van der Waals surface area contributed by atoms with Crippen LogP contribution in [0.2, 0.25) is 0 Å². The van der Waals surface area contributed by atoms with Gasteiger partial charge in [-0.1, -0.05) is 12.1 Å². The summed E-state index contributed by atoms with van der Waals surface area (Å²) in [5, 5.41) is 2.69. The molecular formula is C26H20BrIN2O5. The van der Waals surface area contributed by atoms with Crippen molar-refractivity contribution in [3.05, 3.63) is 91.1 Å². The molecule has 35 heavy (non-hydrogen) atoms. The Bertz CT molecular complexity index is 1350. The van der Waals surface area contributed by atoms with Crippen molar-refractivity contribution in [1.29, 1.82) is 0 Å². The van der Waals surface area contributed by atoms with Crippen LogP contribution in [0, 0.1) is 3.57 Å². The number of benzene rings is 3. The van der Waals surface area contributed by atoms with Crippen molar-refractivity contribution >= 4 is 68.1 Å². The average molecular weight is 647 g/mol. The summed E-state index contributed by atoms with van der Waals surface area (Å²) in [4.78, 5) is 28.0. The van der Waals surface area contributed by atoms with Gasteiger partial charge in [0.1, 0.15) is 6.61 Å². The molecule has 9 heteroatoms. The van der Waals surface area contributed by atoms with E-state index in [0.29, 0.717) is 39.4 Å². The molecule has 0 bridgehead atoms. The molecule has 1 aliphatic heterocycles. The Morgan fingerprint density at radius 2 is 1.94 bits per heavy atom. The highest BCUT2D eigenvalue weighted by Gasteiger charge is 2.24. The molecule has 1 aliphatic rings. The van der Waals surface area contributed by atoms with Crippen molar-refractivity contribution in [3.8, 4) is 11.5 Å². The van der Waals surface area contributed by atoms with Gasteiger partial charge in [-0.05, 0) is 104 Å². The molecule has 0 aromatic heterocycles. The summed E-state index contributed by atoms with van der Waals surface area (Å²) in [5.74, 6) is 0.548. The molecule has 1 heterocycles. The number of rotatable bonds is 7. The highest BCUT2D eigenvalue weighted by atomic mass is 127. The van der Waals surface area contributed by atoms with Crippen molar-refractivity contribution < 1.29 is 23.8 Å². The van der Waals surface area contributed by atoms with Crippen LogP contribution in [0.5, 0.6) is 11.5 Å². The Kier molecular flexibility index (Phi) is 7.86. The van der Waals surface area contributed by atoms with Crippen LogP contribution in [0.15, 0.2) is 75.8 Å². The molecule has 0 saturated heterocycles. The first-order valence-corrected chi connectivity index (χ1v) is 12.3. The van der Waals surface area contributed by atoms with E-state index in [4.69, 9.17) is 14.2 Å². The summed E-state index contributed by atoms with van der Waals surface area (Å²) >= 11 is 5.81. The third-order valence-electron chi connectivity index (χ3n) is 4.90. The first-order valence-electron chi connectivity index (χ1n) is 10.5. The van der Waals surface area contributed by atoms with E-state index < -0.39 is 5.97 Å². The van der Waals surface area contributed by atoms with Crippen molar-refractivity contribution in [2.75, 3.05) is 12.4 Å². The number of methoxy groups -OCH3 is 1. The van der Waals surface area contributed by atoms with Crippen LogP contribution in [0.4, 0.5) is 5.69 Å². The second-order valence-electron chi connectivity index (χ2n) is 7.55. The van der Waals surface area contributed by atoms with Crippen LogP contribution in [0.25, 0.3) is 6.08 Å². The summed E-state index contributed by atoms with van der Waals surface area (Å²) in [6.45, 7) is 1.82. The molecule has 7 nitrogen and oxygen atoms in total. The third-order valence-corrected chi connectivity index (χ3v) is 6.16.